The predicted molar refractivity (Wildman–Crippen MR) is 362 cm³/mol. The van der Waals surface area contributed by atoms with Crippen molar-refractivity contribution in [2.75, 3.05) is 9.80 Å². The summed E-state index contributed by atoms with van der Waals surface area (Å²) in [5, 5.41) is 0. The fourth-order valence-corrected chi connectivity index (χ4v) is 13.0. The van der Waals surface area contributed by atoms with E-state index >= 15 is 26.3 Å². The van der Waals surface area contributed by atoms with Gasteiger partial charge in [0, 0.05) is 34.1 Å². The average molecular weight is 1200 g/mol. The highest BCUT2D eigenvalue weighted by Gasteiger charge is 2.42. The molecule has 8 aromatic carbocycles. The van der Waals surface area contributed by atoms with Gasteiger partial charge in [-0.25, -0.2) is 0 Å². The van der Waals surface area contributed by atoms with Gasteiger partial charge in [-0.2, -0.15) is 26.3 Å². The van der Waals surface area contributed by atoms with Crippen molar-refractivity contribution in [3.05, 3.63) is 298 Å². The van der Waals surface area contributed by atoms with E-state index < -0.39 is 35.4 Å². The molecule has 0 fully saturated rings. The third-order valence-corrected chi connectivity index (χ3v) is 18.1. The molecule has 0 aromatic heterocycles. The van der Waals surface area contributed by atoms with Gasteiger partial charge < -0.3 is 9.80 Å². The van der Waals surface area contributed by atoms with Crippen molar-refractivity contribution >= 4 is 22.7 Å². The minimum atomic E-state index is -4.64. The lowest BCUT2D eigenvalue weighted by atomic mass is 9.67. The Bertz CT molecular complexity index is 4390. The zero-order valence-electron chi connectivity index (χ0n) is 53.3. The molecule has 8 aromatic rings. The second-order valence-corrected chi connectivity index (χ2v) is 28.5. The second kappa shape index (κ2) is 22.6. The Hall–Kier alpha value is -8.88. The summed E-state index contributed by atoms with van der Waals surface area (Å²) in [5.41, 5.74) is 17.2. The smallest absolute Gasteiger partial charge is 0.330 e. The Morgan fingerprint density at radius 3 is 1.28 bits per heavy atom. The van der Waals surface area contributed by atoms with Crippen molar-refractivity contribution in [3.63, 3.8) is 0 Å². The number of halogens is 6. The van der Waals surface area contributed by atoms with Crippen LogP contribution in [0.15, 0.2) is 264 Å². The van der Waals surface area contributed by atoms with Gasteiger partial charge in [0.2, 0.25) is 0 Å². The summed E-state index contributed by atoms with van der Waals surface area (Å²) >= 11 is 0. The van der Waals surface area contributed by atoms with Gasteiger partial charge in [0.25, 0.3) is 0 Å². The van der Waals surface area contributed by atoms with Crippen molar-refractivity contribution < 1.29 is 26.3 Å². The number of rotatable bonds is 10. The standard InChI is InChI=1S/C82H76F6N2/c1-77(2,3)59-23-13-19-53(43-59)55-35-41-73(69(47-55)57-21-15-25-61(45-57)79(7,8)9)89(65-29-17-27-63(49-65)81(83,84)85)71-39-33-51-32-38-68-72(40-34-52-31-37-67(71)75(51)76(52)68)90(66-30-18-28-64(50-66)82(86,87)88)74-42-36-56(54-20-14-24-60(44-54)78(4,5)6)48-70(74)58-22-16-26-62(46-58)80(10,11)12/h13-50,71,76H,1-12H3. The predicted octanol–water partition coefficient (Wildman–Crippen LogP) is 23.7. The number of anilines is 4. The molecule has 2 atom stereocenters. The lowest BCUT2D eigenvalue weighted by Crippen LogP contribution is -2.37. The highest BCUT2D eigenvalue weighted by Crippen LogP contribution is 2.54. The fraction of sp³-hybridized carbons (Fsp3) is 0.244. The summed E-state index contributed by atoms with van der Waals surface area (Å²) in [5.74, 6) is -0.415. The first-order valence-electron chi connectivity index (χ1n) is 31.0. The van der Waals surface area contributed by atoms with Crippen LogP contribution in [0.4, 0.5) is 49.1 Å². The van der Waals surface area contributed by atoms with Crippen LogP contribution in [-0.4, -0.2) is 6.04 Å². The minimum Gasteiger partial charge on any atom is -0.330 e. The summed E-state index contributed by atoms with van der Waals surface area (Å²) in [6, 6.07) is 57.1. The number of benzene rings is 8. The zero-order valence-corrected chi connectivity index (χ0v) is 53.3. The van der Waals surface area contributed by atoms with Crippen LogP contribution in [0.5, 0.6) is 0 Å². The van der Waals surface area contributed by atoms with Crippen molar-refractivity contribution in [1.29, 1.82) is 0 Å². The van der Waals surface area contributed by atoms with Gasteiger partial charge in [0.1, 0.15) is 0 Å². The third kappa shape index (κ3) is 11.9. The fourth-order valence-electron chi connectivity index (χ4n) is 13.0. The van der Waals surface area contributed by atoms with E-state index in [2.05, 4.69) is 258 Å². The van der Waals surface area contributed by atoms with Crippen LogP contribution in [0.25, 0.3) is 44.5 Å². The molecule has 4 aliphatic carbocycles. The summed E-state index contributed by atoms with van der Waals surface area (Å²) in [6.07, 6.45) is 7.35. The number of nitrogens with zero attached hydrogens (tertiary/aromatic N) is 2. The largest absolute Gasteiger partial charge is 0.416 e. The number of hydrogen-bond acceptors (Lipinski definition) is 2. The van der Waals surface area contributed by atoms with Crippen molar-refractivity contribution in [2.24, 2.45) is 5.92 Å². The van der Waals surface area contributed by atoms with Crippen LogP contribution in [0.2, 0.25) is 0 Å². The first kappa shape index (κ1) is 61.4. The quantitative estimate of drug-likeness (QED) is 0.126. The van der Waals surface area contributed by atoms with Crippen LogP contribution in [0.3, 0.4) is 0 Å². The average Bonchev–Trinajstić information content (AvgIpc) is 0.721. The highest BCUT2D eigenvalue weighted by atomic mass is 19.4. The Labute approximate surface area is 527 Å². The molecule has 0 N–H and O–H groups in total. The van der Waals surface area contributed by atoms with Gasteiger partial charge in [-0.3, -0.25) is 0 Å². The van der Waals surface area contributed by atoms with E-state index in [9.17, 15) is 0 Å². The molecule has 0 spiro atoms. The molecule has 90 heavy (non-hydrogen) atoms. The van der Waals surface area contributed by atoms with Gasteiger partial charge in [0.05, 0.1) is 28.6 Å². The molecule has 2 unspecified atom stereocenters. The SMILES string of the molecule is CC(C)(C)c1cccc(-c2ccc(N(C3=C4C=CC5=C6C(=CC=C(C=C3)C46)C(N(c3cccc(C(F)(F)F)c3)c3ccc(-c4cccc(C(C)(C)C)c4)cc3-c3cccc(C(C)(C)C)c3)C=C5)c3cccc(C(F)(F)F)c3)c(-c3cccc(C(C)(C)C)c3)c2)c1. The monoisotopic (exact) mass is 1200 g/mol. The number of hydrogen-bond donors (Lipinski definition) is 0. The van der Waals surface area contributed by atoms with E-state index in [0.29, 0.717) is 28.4 Å². The molecular weight excluding hydrogens is 1130 g/mol. The van der Waals surface area contributed by atoms with E-state index in [1.165, 1.54) is 35.4 Å². The second-order valence-electron chi connectivity index (χ2n) is 28.5. The van der Waals surface area contributed by atoms with Gasteiger partial charge in [0.15, 0.2) is 0 Å². The summed E-state index contributed by atoms with van der Waals surface area (Å²) in [6.45, 7) is 26.2. The van der Waals surface area contributed by atoms with Gasteiger partial charge >= 0.3 is 12.4 Å². The van der Waals surface area contributed by atoms with E-state index in [0.717, 1.165) is 95.6 Å². The molecular formula is C82H76F6N2. The van der Waals surface area contributed by atoms with Crippen LogP contribution >= 0.6 is 0 Å². The van der Waals surface area contributed by atoms with Crippen LogP contribution in [0, 0.1) is 5.92 Å². The van der Waals surface area contributed by atoms with Crippen molar-refractivity contribution in [1.82, 2.24) is 0 Å². The Morgan fingerprint density at radius 2 is 0.778 bits per heavy atom. The normalized spacial score (nSPS) is 16.7. The molecule has 0 heterocycles. The number of alkyl halides is 6. The van der Waals surface area contributed by atoms with Crippen LogP contribution in [0.1, 0.15) is 116 Å². The third-order valence-electron chi connectivity index (χ3n) is 18.1. The maximum atomic E-state index is 15.1. The van der Waals surface area contributed by atoms with Crippen molar-refractivity contribution in [2.45, 2.75) is 123 Å². The molecule has 4 aliphatic rings. The Kier molecular flexibility index (Phi) is 15.4. The van der Waals surface area contributed by atoms with Gasteiger partial charge in [-0.15, -0.1) is 0 Å². The van der Waals surface area contributed by atoms with Crippen LogP contribution < -0.4 is 9.80 Å². The van der Waals surface area contributed by atoms with Crippen molar-refractivity contribution in [3.8, 4) is 44.5 Å². The minimum absolute atomic E-state index is 0.121. The molecule has 0 saturated heterocycles. The molecule has 0 amide bonds. The first-order chi connectivity index (χ1) is 42.4. The Balaban J connectivity index is 1.06. The summed E-state index contributed by atoms with van der Waals surface area (Å²) in [7, 11) is 0. The molecule has 0 saturated carbocycles. The van der Waals surface area contributed by atoms with E-state index in [1.54, 1.807) is 12.1 Å². The molecule has 8 heteroatoms. The molecule has 0 aliphatic heterocycles. The lowest BCUT2D eigenvalue weighted by molar-refractivity contribution is -0.138. The number of allylic oxidation sites excluding steroid dienone is 10. The molecule has 0 bridgehead atoms. The molecule has 456 valence electrons. The van der Waals surface area contributed by atoms with E-state index in [4.69, 9.17) is 0 Å². The Morgan fingerprint density at radius 1 is 0.356 bits per heavy atom. The molecule has 2 nitrogen and oxygen atoms in total. The summed E-state index contributed by atoms with van der Waals surface area (Å²) < 4.78 is 90.7. The van der Waals surface area contributed by atoms with Crippen LogP contribution in [-0.2, 0) is 34.0 Å². The van der Waals surface area contributed by atoms with E-state index in [1.807, 2.05) is 17.0 Å². The van der Waals surface area contributed by atoms with Gasteiger partial charge in [-0.1, -0.05) is 247 Å². The molecule has 12 rings (SSSR count). The maximum Gasteiger partial charge on any atom is 0.416 e. The maximum absolute atomic E-state index is 15.1. The first-order valence-corrected chi connectivity index (χ1v) is 31.0. The lowest BCUT2D eigenvalue weighted by Gasteiger charge is -2.44. The zero-order chi connectivity index (χ0) is 64.0. The highest BCUT2D eigenvalue weighted by molar-refractivity contribution is 5.92. The van der Waals surface area contributed by atoms with Gasteiger partial charge in [-0.05, 0) is 172 Å². The topological polar surface area (TPSA) is 6.48 Å². The molecule has 0 radical (unpaired) electrons. The van der Waals surface area contributed by atoms with E-state index in [-0.39, 0.29) is 21.7 Å². The summed E-state index contributed by atoms with van der Waals surface area (Å²) in [4.78, 5) is 4.05.